The molecule has 10 heteroatoms. The maximum Gasteiger partial charge on any atom is 0.573 e. The van der Waals surface area contributed by atoms with E-state index >= 15 is 0 Å². The molecule has 0 radical (unpaired) electrons. The van der Waals surface area contributed by atoms with Gasteiger partial charge in [-0.15, -0.1) is 13.2 Å². The molecular weight excluding hydrogens is 489 g/mol. The quantitative estimate of drug-likeness (QED) is 0.346. The summed E-state index contributed by atoms with van der Waals surface area (Å²) in [6.07, 6.45) is -4.80. The van der Waals surface area contributed by atoms with Gasteiger partial charge in [0.15, 0.2) is 0 Å². The highest BCUT2D eigenvalue weighted by molar-refractivity contribution is 9.10. The maximum absolute atomic E-state index is 12.6. The second kappa shape index (κ2) is 10.2. The van der Waals surface area contributed by atoms with Crippen LogP contribution in [-0.2, 0) is 0 Å². The standard InChI is InChI=1S/C22H22BrF3N4O2/c1-13(2)19(12-31)29-21-28-18(14-6-5-7-15(10-14)32-22(24,25)26)11-20(30-21)27-17-9-4-3-8-16(17)23/h3-11,13,19,31H,12H2,1-2H3,(H2,27,28,29,30)/t19-/m1/s1. The van der Waals surface area contributed by atoms with E-state index in [1.54, 1.807) is 12.1 Å². The number of hydrogen-bond donors (Lipinski definition) is 3. The Balaban J connectivity index is 2.02. The zero-order valence-corrected chi connectivity index (χ0v) is 18.9. The van der Waals surface area contributed by atoms with Crippen molar-refractivity contribution in [1.82, 2.24) is 9.97 Å². The third kappa shape index (κ3) is 6.57. The number of aliphatic hydroxyl groups is 1. The van der Waals surface area contributed by atoms with E-state index in [4.69, 9.17) is 0 Å². The van der Waals surface area contributed by atoms with Crippen LogP contribution in [0.25, 0.3) is 11.3 Å². The molecule has 170 valence electrons. The number of anilines is 3. The Bertz CT molecular complexity index is 1060. The highest BCUT2D eigenvalue weighted by atomic mass is 79.9. The number of benzene rings is 2. The van der Waals surface area contributed by atoms with E-state index in [0.29, 0.717) is 17.1 Å². The molecule has 0 aliphatic carbocycles. The Hall–Kier alpha value is -2.85. The first-order chi connectivity index (χ1) is 15.1. The Morgan fingerprint density at radius 3 is 2.47 bits per heavy atom. The van der Waals surface area contributed by atoms with Gasteiger partial charge >= 0.3 is 6.36 Å². The molecule has 0 aliphatic heterocycles. The van der Waals surface area contributed by atoms with E-state index in [9.17, 15) is 18.3 Å². The van der Waals surface area contributed by atoms with Crippen molar-refractivity contribution in [2.24, 2.45) is 5.92 Å². The van der Waals surface area contributed by atoms with Gasteiger partial charge < -0.3 is 20.5 Å². The lowest BCUT2D eigenvalue weighted by molar-refractivity contribution is -0.274. The van der Waals surface area contributed by atoms with Crippen LogP contribution in [0.5, 0.6) is 5.75 Å². The molecular formula is C22H22BrF3N4O2. The van der Waals surface area contributed by atoms with Crippen LogP contribution in [0.1, 0.15) is 13.8 Å². The molecule has 0 unspecified atom stereocenters. The Morgan fingerprint density at radius 1 is 1.06 bits per heavy atom. The molecule has 3 rings (SSSR count). The third-order valence-electron chi connectivity index (χ3n) is 4.54. The molecule has 1 atom stereocenters. The number of aromatic nitrogens is 2. The average molecular weight is 511 g/mol. The Kier molecular flexibility index (Phi) is 7.57. The van der Waals surface area contributed by atoms with Crippen LogP contribution < -0.4 is 15.4 Å². The van der Waals surface area contributed by atoms with Gasteiger partial charge in [0.1, 0.15) is 11.6 Å². The first kappa shape index (κ1) is 23.8. The summed E-state index contributed by atoms with van der Waals surface area (Å²) < 4.78 is 42.8. The van der Waals surface area contributed by atoms with E-state index in [2.05, 4.69) is 41.3 Å². The van der Waals surface area contributed by atoms with Gasteiger partial charge in [0, 0.05) is 16.1 Å². The van der Waals surface area contributed by atoms with Crippen molar-refractivity contribution in [1.29, 1.82) is 0 Å². The van der Waals surface area contributed by atoms with Gasteiger partial charge in [0.25, 0.3) is 0 Å². The molecule has 3 N–H and O–H groups in total. The molecule has 2 aromatic carbocycles. The number of para-hydroxylation sites is 1. The topological polar surface area (TPSA) is 79.3 Å². The summed E-state index contributed by atoms with van der Waals surface area (Å²) in [7, 11) is 0. The number of nitrogens with zero attached hydrogens (tertiary/aromatic N) is 2. The predicted molar refractivity (Wildman–Crippen MR) is 121 cm³/mol. The summed E-state index contributed by atoms with van der Waals surface area (Å²) in [6, 6.07) is 14.3. The number of aliphatic hydroxyl groups excluding tert-OH is 1. The molecule has 1 aromatic heterocycles. The molecule has 3 aromatic rings. The second-order valence-electron chi connectivity index (χ2n) is 7.32. The first-order valence-corrected chi connectivity index (χ1v) is 10.6. The van der Waals surface area contributed by atoms with Gasteiger partial charge in [0.05, 0.1) is 24.0 Å². The summed E-state index contributed by atoms with van der Waals surface area (Å²) in [6.45, 7) is 3.75. The summed E-state index contributed by atoms with van der Waals surface area (Å²) in [5.74, 6) is 0.397. The van der Waals surface area contributed by atoms with E-state index in [1.165, 1.54) is 18.2 Å². The van der Waals surface area contributed by atoms with E-state index in [-0.39, 0.29) is 30.3 Å². The number of nitrogens with one attached hydrogen (secondary N) is 2. The minimum Gasteiger partial charge on any atom is -0.406 e. The van der Waals surface area contributed by atoms with Gasteiger partial charge in [-0.3, -0.25) is 0 Å². The lowest BCUT2D eigenvalue weighted by atomic mass is 10.1. The highest BCUT2D eigenvalue weighted by Crippen LogP contribution is 2.31. The van der Waals surface area contributed by atoms with Crippen LogP contribution >= 0.6 is 15.9 Å². The molecule has 0 saturated heterocycles. The SMILES string of the molecule is CC(C)[C@@H](CO)Nc1nc(Nc2ccccc2Br)cc(-c2cccc(OC(F)(F)F)c2)n1. The fourth-order valence-corrected chi connectivity index (χ4v) is 3.25. The highest BCUT2D eigenvalue weighted by Gasteiger charge is 2.31. The van der Waals surface area contributed by atoms with E-state index in [1.807, 2.05) is 38.1 Å². The molecule has 0 amide bonds. The summed E-state index contributed by atoms with van der Waals surface area (Å²) in [4.78, 5) is 8.92. The van der Waals surface area contributed by atoms with Crippen molar-refractivity contribution in [3.05, 3.63) is 59.1 Å². The number of hydrogen-bond acceptors (Lipinski definition) is 6. The zero-order valence-electron chi connectivity index (χ0n) is 17.3. The summed E-state index contributed by atoms with van der Waals surface area (Å²) in [5, 5.41) is 15.9. The van der Waals surface area contributed by atoms with Crippen LogP contribution in [0, 0.1) is 5.92 Å². The van der Waals surface area contributed by atoms with Crippen molar-refractivity contribution in [3.63, 3.8) is 0 Å². The molecule has 0 saturated carbocycles. The Labute approximate surface area is 192 Å². The average Bonchev–Trinajstić information content (AvgIpc) is 2.72. The summed E-state index contributed by atoms with van der Waals surface area (Å²) in [5.41, 5.74) is 1.54. The van der Waals surface area contributed by atoms with Crippen molar-refractivity contribution in [2.75, 3.05) is 17.2 Å². The zero-order chi connectivity index (χ0) is 23.3. The van der Waals surface area contributed by atoms with Crippen molar-refractivity contribution >= 4 is 33.4 Å². The smallest absolute Gasteiger partial charge is 0.406 e. The van der Waals surface area contributed by atoms with Crippen LogP contribution in [0.2, 0.25) is 0 Å². The van der Waals surface area contributed by atoms with Crippen molar-refractivity contribution in [2.45, 2.75) is 26.3 Å². The normalized spacial score (nSPS) is 12.5. The molecule has 0 aliphatic rings. The Morgan fingerprint density at radius 2 is 1.81 bits per heavy atom. The number of ether oxygens (including phenoxy) is 1. The van der Waals surface area contributed by atoms with Gasteiger partial charge in [-0.1, -0.05) is 38.1 Å². The fraction of sp³-hybridized carbons (Fsp3) is 0.273. The molecule has 0 fully saturated rings. The van der Waals surface area contributed by atoms with Gasteiger partial charge in [-0.25, -0.2) is 4.98 Å². The molecule has 6 nitrogen and oxygen atoms in total. The predicted octanol–water partition coefficient (Wildman–Crippen LogP) is 5.98. The van der Waals surface area contributed by atoms with Crippen LogP contribution in [0.15, 0.2) is 59.1 Å². The molecule has 0 bridgehead atoms. The lowest BCUT2D eigenvalue weighted by Crippen LogP contribution is -2.30. The van der Waals surface area contributed by atoms with Gasteiger partial charge in [-0.05, 0) is 46.1 Å². The third-order valence-corrected chi connectivity index (χ3v) is 5.23. The number of rotatable bonds is 8. The number of alkyl halides is 3. The first-order valence-electron chi connectivity index (χ1n) is 9.79. The second-order valence-corrected chi connectivity index (χ2v) is 8.17. The summed E-state index contributed by atoms with van der Waals surface area (Å²) >= 11 is 3.47. The molecule has 0 spiro atoms. The minimum atomic E-state index is -4.80. The van der Waals surface area contributed by atoms with E-state index < -0.39 is 6.36 Å². The fourth-order valence-electron chi connectivity index (χ4n) is 2.87. The maximum atomic E-state index is 12.6. The van der Waals surface area contributed by atoms with Crippen LogP contribution in [0.3, 0.4) is 0 Å². The van der Waals surface area contributed by atoms with Gasteiger partial charge in [0.2, 0.25) is 5.95 Å². The largest absolute Gasteiger partial charge is 0.573 e. The van der Waals surface area contributed by atoms with Crippen LogP contribution in [-0.4, -0.2) is 34.1 Å². The lowest BCUT2D eigenvalue weighted by Gasteiger charge is -2.21. The van der Waals surface area contributed by atoms with Crippen LogP contribution in [0.4, 0.5) is 30.6 Å². The van der Waals surface area contributed by atoms with Crippen molar-refractivity contribution in [3.8, 4) is 17.0 Å². The molecule has 1 heterocycles. The van der Waals surface area contributed by atoms with E-state index in [0.717, 1.165) is 10.2 Å². The minimum absolute atomic E-state index is 0.0930. The monoisotopic (exact) mass is 510 g/mol. The molecule has 32 heavy (non-hydrogen) atoms. The number of halogens is 4. The van der Waals surface area contributed by atoms with Gasteiger partial charge in [-0.2, -0.15) is 4.98 Å². The van der Waals surface area contributed by atoms with Crippen molar-refractivity contribution < 1.29 is 23.0 Å².